The van der Waals surface area contributed by atoms with Crippen LogP contribution in [-0.2, 0) is 14.8 Å². The van der Waals surface area contributed by atoms with Gasteiger partial charge in [0.15, 0.2) is 0 Å². The number of sulfonamides is 1. The van der Waals surface area contributed by atoms with E-state index in [4.69, 9.17) is 4.74 Å². The lowest BCUT2D eigenvalue weighted by molar-refractivity contribution is -0.127. The summed E-state index contributed by atoms with van der Waals surface area (Å²) in [5.41, 5.74) is 0.153. The Morgan fingerprint density at radius 3 is 2.46 bits per heavy atom. The smallest absolute Gasteiger partial charge is 0.261 e. The fourth-order valence-electron chi connectivity index (χ4n) is 2.68. The van der Waals surface area contributed by atoms with Crippen molar-refractivity contribution >= 4 is 27.3 Å². The molecule has 0 atom stereocenters. The average Bonchev–Trinajstić information content (AvgIpc) is 2.66. The zero-order valence-electron chi connectivity index (χ0n) is 14.6. The molecule has 0 unspecified atom stereocenters. The van der Waals surface area contributed by atoms with Crippen molar-refractivity contribution in [2.24, 2.45) is 5.41 Å². The number of hydrogen-bond donors (Lipinski definition) is 1. The number of amides is 1. The van der Waals surface area contributed by atoms with Gasteiger partial charge >= 0.3 is 0 Å². The van der Waals surface area contributed by atoms with Gasteiger partial charge in [0, 0.05) is 13.1 Å². The number of hydrogen-bond acceptors (Lipinski definition) is 4. The van der Waals surface area contributed by atoms with Crippen molar-refractivity contribution in [2.45, 2.75) is 18.7 Å². The topological polar surface area (TPSA) is 75.7 Å². The van der Waals surface area contributed by atoms with Gasteiger partial charge in [-0.1, -0.05) is 0 Å². The lowest BCUT2D eigenvalue weighted by Crippen LogP contribution is -2.39. The molecule has 0 aromatic heterocycles. The second-order valence-electron chi connectivity index (χ2n) is 6.78. The number of nitrogens with one attached hydrogen (secondary N) is 1. The van der Waals surface area contributed by atoms with E-state index in [-0.39, 0.29) is 23.1 Å². The van der Waals surface area contributed by atoms with E-state index in [9.17, 15) is 17.6 Å². The monoisotopic (exact) mass is 378 g/mol. The molecular weight excluding hydrogens is 359 g/mol. The van der Waals surface area contributed by atoms with Crippen LogP contribution in [0.15, 0.2) is 47.4 Å². The second-order valence-corrected chi connectivity index (χ2v) is 8.46. The third-order valence-electron chi connectivity index (χ3n) is 4.17. The minimum absolute atomic E-state index is 0.0526. The molecule has 0 saturated heterocycles. The van der Waals surface area contributed by atoms with E-state index in [1.54, 1.807) is 33.0 Å². The number of ether oxygens (including phenoxy) is 1. The van der Waals surface area contributed by atoms with Crippen molar-refractivity contribution < 1.29 is 22.3 Å². The zero-order valence-corrected chi connectivity index (χ0v) is 15.4. The number of benzene rings is 2. The predicted octanol–water partition coefficient (Wildman–Crippen LogP) is 3.01. The van der Waals surface area contributed by atoms with Gasteiger partial charge in [0.1, 0.15) is 18.2 Å². The Balaban J connectivity index is 1.91. The van der Waals surface area contributed by atoms with Crippen LogP contribution in [0.25, 0.3) is 0 Å². The first kappa shape index (κ1) is 18.2. The quantitative estimate of drug-likeness (QED) is 0.891. The molecule has 0 spiro atoms. The molecule has 1 N–H and O–H groups in total. The third kappa shape index (κ3) is 3.37. The number of fused-ring (bicyclic) bond motifs is 1. The van der Waals surface area contributed by atoms with Crippen LogP contribution in [0.3, 0.4) is 0 Å². The summed E-state index contributed by atoms with van der Waals surface area (Å²) in [5, 5.41) is 0. The summed E-state index contributed by atoms with van der Waals surface area (Å²) in [5.74, 6) is -0.195. The molecule has 8 heteroatoms. The van der Waals surface area contributed by atoms with E-state index in [1.807, 2.05) is 0 Å². The molecule has 2 aromatic rings. The number of carbonyl (C=O) groups is 1. The molecule has 1 aliphatic heterocycles. The summed E-state index contributed by atoms with van der Waals surface area (Å²) in [6, 6.07) is 9.23. The highest BCUT2D eigenvalue weighted by Crippen LogP contribution is 2.37. The minimum Gasteiger partial charge on any atom is -0.490 e. The van der Waals surface area contributed by atoms with Crippen LogP contribution in [0.4, 0.5) is 15.8 Å². The average molecular weight is 378 g/mol. The number of halogens is 1. The molecule has 26 heavy (non-hydrogen) atoms. The summed E-state index contributed by atoms with van der Waals surface area (Å²) >= 11 is 0. The molecule has 1 heterocycles. The Morgan fingerprint density at radius 1 is 1.15 bits per heavy atom. The van der Waals surface area contributed by atoms with Gasteiger partial charge in [-0.05, 0) is 50.2 Å². The molecule has 1 amide bonds. The molecule has 0 aliphatic carbocycles. The summed E-state index contributed by atoms with van der Waals surface area (Å²) in [7, 11) is -2.21. The van der Waals surface area contributed by atoms with Crippen molar-refractivity contribution in [3.05, 3.63) is 48.3 Å². The number of carbonyl (C=O) groups excluding carboxylic acids is 1. The maximum absolute atomic E-state index is 13.0. The minimum atomic E-state index is -3.87. The number of nitrogens with zero attached hydrogens (tertiary/aromatic N) is 1. The first-order valence-corrected chi connectivity index (χ1v) is 9.42. The second kappa shape index (κ2) is 6.28. The van der Waals surface area contributed by atoms with Crippen molar-refractivity contribution in [1.82, 2.24) is 0 Å². The predicted molar refractivity (Wildman–Crippen MR) is 96.3 cm³/mol. The largest absolute Gasteiger partial charge is 0.490 e. The first-order chi connectivity index (χ1) is 12.1. The molecule has 2 aromatic carbocycles. The summed E-state index contributed by atoms with van der Waals surface area (Å²) < 4.78 is 46.0. The van der Waals surface area contributed by atoms with Crippen molar-refractivity contribution in [1.29, 1.82) is 0 Å². The van der Waals surface area contributed by atoms with Gasteiger partial charge in [-0.25, -0.2) is 12.8 Å². The van der Waals surface area contributed by atoms with E-state index >= 15 is 0 Å². The van der Waals surface area contributed by atoms with Gasteiger partial charge in [0.05, 0.1) is 21.7 Å². The maximum atomic E-state index is 13.0. The molecule has 0 fully saturated rings. The zero-order chi connectivity index (χ0) is 19.1. The SMILES string of the molecule is CN1C(=O)C(C)(C)COc2cc(NS(=O)(=O)c3ccc(F)cc3)ccc21. The van der Waals surface area contributed by atoms with Gasteiger partial charge in [0.25, 0.3) is 10.0 Å². The molecule has 0 saturated carbocycles. The lowest BCUT2D eigenvalue weighted by atomic mass is 9.93. The molecular formula is C18H19FN2O4S. The van der Waals surface area contributed by atoms with Crippen LogP contribution < -0.4 is 14.4 Å². The fraction of sp³-hybridized carbons (Fsp3) is 0.278. The highest BCUT2D eigenvalue weighted by atomic mass is 32.2. The normalized spacial score (nSPS) is 16.5. The van der Waals surface area contributed by atoms with Crippen molar-refractivity contribution in [3.8, 4) is 5.75 Å². The van der Waals surface area contributed by atoms with Gasteiger partial charge < -0.3 is 9.64 Å². The molecule has 3 rings (SSSR count). The Bertz CT molecular complexity index is 956. The number of rotatable bonds is 3. The molecule has 6 nitrogen and oxygen atoms in total. The first-order valence-electron chi connectivity index (χ1n) is 7.93. The summed E-state index contributed by atoms with van der Waals surface area (Å²) in [4.78, 5) is 13.9. The van der Waals surface area contributed by atoms with Gasteiger partial charge in [-0.15, -0.1) is 0 Å². The lowest BCUT2D eigenvalue weighted by Gasteiger charge is -2.24. The number of anilines is 2. The Labute approximate surface area is 151 Å². The van der Waals surface area contributed by atoms with E-state index in [0.717, 1.165) is 12.1 Å². The van der Waals surface area contributed by atoms with Crippen molar-refractivity contribution in [3.63, 3.8) is 0 Å². The molecule has 0 bridgehead atoms. The van der Waals surface area contributed by atoms with Crippen LogP contribution in [0.2, 0.25) is 0 Å². The van der Waals surface area contributed by atoms with E-state index in [0.29, 0.717) is 11.4 Å². The van der Waals surface area contributed by atoms with Gasteiger partial charge in [0.2, 0.25) is 5.91 Å². The fourth-order valence-corrected chi connectivity index (χ4v) is 3.73. The summed E-state index contributed by atoms with van der Waals surface area (Å²) in [6.45, 7) is 3.75. The van der Waals surface area contributed by atoms with Crippen molar-refractivity contribution in [2.75, 3.05) is 23.3 Å². The van der Waals surface area contributed by atoms with Crippen LogP contribution in [0, 0.1) is 11.2 Å². The Kier molecular flexibility index (Phi) is 4.39. The van der Waals surface area contributed by atoms with Crippen LogP contribution >= 0.6 is 0 Å². The van der Waals surface area contributed by atoms with E-state index < -0.39 is 21.3 Å². The molecule has 138 valence electrons. The highest BCUT2D eigenvalue weighted by Gasteiger charge is 2.36. The standard InChI is InChI=1S/C18H19FN2O4S/c1-18(2)11-25-16-10-13(6-9-15(16)21(3)17(18)22)20-26(23,24)14-7-4-12(19)5-8-14/h4-10,20H,11H2,1-3H3. The third-order valence-corrected chi connectivity index (χ3v) is 5.57. The van der Waals surface area contributed by atoms with Crippen LogP contribution in [-0.4, -0.2) is 28.0 Å². The molecule has 0 radical (unpaired) electrons. The van der Waals surface area contributed by atoms with Gasteiger partial charge in [-0.3, -0.25) is 9.52 Å². The van der Waals surface area contributed by atoms with Crippen LogP contribution in [0.5, 0.6) is 5.75 Å². The Morgan fingerprint density at radius 2 is 1.81 bits per heavy atom. The summed E-state index contributed by atoms with van der Waals surface area (Å²) in [6.07, 6.45) is 0. The Hall–Kier alpha value is -2.61. The van der Waals surface area contributed by atoms with E-state index in [1.165, 1.54) is 23.1 Å². The van der Waals surface area contributed by atoms with Crippen LogP contribution in [0.1, 0.15) is 13.8 Å². The maximum Gasteiger partial charge on any atom is 0.261 e. The molecule has 1 aliphatic rings. The van der Waals surface area contributed by atoms with Gasteiger partial charge in [-0.2, -0.15) is 0 Å². The highest BCUT2D eigenvalue weighted by molar-refractivity contribution is 7.92. The van der Waals surface area contributed by atoms with E-state index in [2.05, 4.69) is 4.72 Å².